The number of piperidine rings is 1. The van der Waals surface area contributed by atoms with Gasteiger partial charge in [0, 0.05) is 32.2 Å². The number of morpholine rings is 1. The number of likely N-dealkylation sites (tertiary alicyclic amines) is 1. The van der Waals surface area contributed by atoms with E-state index in [0.29, 0.717) is 6.04 Å². The molecular weight excluding hydrogens is 425 g/mol. The molecule has 1 aromatic rings. The first kappa shape index (κ1) is 22.8. The number of nitrogens with one attached hydrogen (secondary N) is 1. The molecule has 12 heteroatoms. The summed E-state index contributed by atoms with van der Waals surface area (Å²) < 4.78 is 37.2. The van der Waals surface area contributed by atoms with Crippen molar-refractivity contribution in [3.8, 4) is 0 Å². The molecular formula is C18H25F3N4O4S. The highest BCUT2D eigenvalue weighted by Gasteiger charge is 2.48. The van der Waals surface area contributed by atoms with Crippen molar-refractivity contribution in [2.45, 2.75) is 44.4 Å². The Hall–Kier alpha value is -1.92. The van der Waals surface area contributed by atoms with E-state index in [-0.39, 0.29) is 11.4 Å². The van der Waals surface area contributed by atoms with Crippen molar-refractivity contribution in [3.63, 3.8) is 0 Å². The van der Waals surface area contributed by atoms with Crippen molar-refractivity contribution in [2.75, 3.05) is 44.3 Å². The molecule has 1 spiro atoms. The lowest BCUT2D eigenvalue weighted by atomic mass is 9.85. The van der Waals surface area contributed by atoms with Crippen LogP contribution >= 0.6 is 11.3 Å². The third kappa shape index (κ3) is 4.70. The Bertz CT molecular complexity index is 785. The zero-order valence-corrected chi connectivity index (χ0v) is 17.6. The number of aliphatic carboxylic acids is 1. The lowest BCUT2D eigenvalue weighted by Crippen LogP contribution is -2.51. The predicted molar refractivity (Wildman–Crippen MR) is 104 cm³/mol. The summed E-state index contributed by atoms with van der Waals surface area (Å²) in [5.74, 6) is -2.69. The van der Waals surface area contributed by atoms with Gasteiger partial charge in [-0.3, -0.25) is 4.79 Å². The minimum Gasteiger partial charge on any atom is -0.475 e. The SMILES string of the molecule is CC(C)N1CCC2(CC1)NC(=O)c1sc(N3CCOCC3)nc12.O=C(O)C(F)(F)F. The van der Waals surface area contributed by atoms with E-state index >= 15 is 0 Å². The molecule has 2 fully saturated rings. The second-order valence-corrected chi connectivity index (χ2v) is 8.72. The van der Waals surface area contributed by atoms with Crippen LogP contribution in [0.2, 0.25) is 0 Å². The number of aromatic nitrogens is 1. The van der Waals surface area contributed by atoms with Gasteiger partial charge in [0.1, 0.15) is 4.88 Å². The van der Waals surface area contributed by atoms with Crippen molar-refractivity contribution < 1.29 is 32.6 Å². The van der Waals surface area contributed by atoms with Gasteiger partial charge in [-0.1, -0.05) is 11.3 Å². The van der Waals surface area contributed by atoms with Crippen LogP contribution in [0.25, 0.3) is 0 Å². The molecule has 30 heavy (non-hydrogen) atoms. The van der Waals surface area contributed by atoms with Crippen molar-refractivity contribution in [1.82, 2.24) is 15.2 Å². The second kappa shape index (κ2) is 8.67. The number of fused-ring (bicyclic) bond motifs is 2. The van der Waals surface area contributed by atoms with Crippen LogP contribution in [0.5, 0.6) is 0 Å². The molecule has 0 aromatic carbocycles. The predicted octanol–water partition coefficient (Wildman–Crippen LogP) is 2.06. The largest absolute Gasteiger partial charge is 0.490 e. The number of hydrogen-bond donors (Lipinski definition) is 2. The monoisotopic (exact) mass is 450 g/mol. The summed E-state index contributed by atoms with van der Waals surface area (Å²) in [5.41, 5.74) is 0.760. The highest BCUT2D eigenvalue weighted by Crippen LogP contribution is 2.43. The van der Waals surface area contributed by atoms with Crippen LogP contribution in [0.3, 0.4) is 0 Å². The number of halogens is 3. The summed E-state index contributed by atoms with van der Waals surface area (Å²) in [6.45, 7) is 9.70. The molecule has 1 amide bonds. The Morgan fingerprint density at radius 3 is 2.30 bits per heavy atom. The third-order valence-electron chi connectivity index (χ3n) is 5.53. The molecule has 0 bridgehead atoms. The van der Waals surface area contributed by atoms with Crippen molar-refractivity contribution >= 4 is 28.3 Å². The van der Waals surface area contributed by atoms with Gasteiger partial charge in [0.2, 0.25) is 0 Å². The number of rotatable bonds is 2. The Morgan fingerprint density at radius 2 is 1.80 bits per heavy atom. The molecule has 4 heterocycles. The number of carbonyl (C=O) groups excluding carboxylic acids is 1. The fourth-order valence-corrected chi connectivity index (χ4v) is 4.91. The Morgan fingerprint density at radius 1 is 1.23 bits per heavy atom. The first-order valence-electron chi connectivity index (χ1n) is 9.74. The molecule has 0 aliphatic carbocycles. The molecule has 1 aromatic heterocycles. The van der Waals surface area contributed by atoms with Gasteiger partial charge < -0.3 is 25.0 Å². The standard InChI is InChI=1S/C16H24N4O2S.C2HF3O2/c1-11(2)19-5-3-16(4-6-19)13-12(14(21)18-16)23-15(17-13)20-7-9-22-10-8-20;3-2(4,5)1(6)7/h11H,3-10H2,1-2H3,(H,18,21);(H,6,7). The zero-order chi connectivity index (χ0) is 22.1. The minimum absolute atomic E-state index is 0.0648. The molecule has 0 saturated carbocycles. The van der Waals surface area contributed by atoms with E-state index in [1.54, 1.807) is 11.3 Å². The van der Waals surface area contributed by atoms with Gasteiger partial charge in [-0.05, 0) is 26.7 Å². The van der Waals surface area contributed by atoms with Gasteiger partial charge >= 0.3 is 12.1 Å². The summed E-state index contributed by atoms with van der Waals surface area (Å²) in [6.07, 6.45) is -3.17. The van der Waals surface area contributed by atoms with Crippen LogP contribution in [0.4, 0.5) is 18.3 Å². The van der Waals surface area contributed by atoms with Gasteiger partial charge in [0.25, 0.3) is 5.91 Å². The van der Waals surface area contributed by atoms with Gasteiger partial charge in [0.15, 0.2) is 5.13 Å². The molecule has 4 rings (SSSR count). The summed E-state index contributed by atoms with van der Waals surface area (Å²) >= 11 is 1.54. The number of hydrogen-bond acceptors (Lipinski definition) is 7. The smallest absolute Gasteiger partial charge is 0.475 e. The number of carbonyl (C=O) groups is 2. The van der Waals surface area contributed by atoms with Crippen LogP contribution in [-0.2, 0) is 15.1 Å². The van der Waals surface area contributed by atoms with Crippen molar-refractivity contribution in [1.29, 1.82) is 0 Å². The first-order chi connectivity index (χ1) is 14.0. The molecule has 2 N–H and O–H groups in total. The first-order valence-corrected chi connectivity index (χ1v) is 10.6. The van der Waals surface area contributed by atoms with Crippen LogP contribution in [0.1, 0.15) is 42.1 Å². The number of ether oxygens (including phenoxy) is 1. The number of anilines is 1. The van der Waals surface area contributed by atoms with Crippen molar-refractivity contribution in [3.05, 3.63) is 10.6 Å². The number of nitrogens with zero attached hydrogens (tertiary/aromatic N) is 3. The maximum Gasteiger partial charge on any atom is 0.490 e. The number of carboxylic acid groups (broad SMARTS) is 1. The average Bonchev–Trinajstić information content (AvgIpc) is 3.24. The maximum atomic E-state index is 12.5. The summed E-state index contributed by atoms with van der Waals surface area (Å²) in [7, 11) is 0. The van der Waals surface area contributed by atoms with Gasteiger partial charge in [-0.25, -0.2) is 9.78 Å². The fourth-order valence-electron chi connectivity index (χ4n) is 3.79. The number of thiazole rings is 1. The third-order valence-corrected chi connectivity index (χ3v) is 6.65. The Balaban J connectivity index is 0.000000318. The van der Waals surface area contributed by atoms with E-state index in [1.165, 1.54) is 0 Å². The van der Waals surface area contributed by atoms with E-state index in [2.05, 4.69) is 29.0 Å². The van der Waals surface area contributed by atoms with Crippen LogP contribution in [-0.4, -0.2) is 78.5 Å². The minimum atomic E-state index is -5.08. The molecule has 168 valence electrons. The van der Waals surface area contributed by atoms with E-state index in [4.69, 9.17) is 19.6 Å². The van der Waals surface area contributed by atoms with E-state index in [1.807, 2.05) is 0 Å². The molecule has 0 radical (unpaired) electrons. The lowest BCUT2D eigenvalue weighted by molar-refractivity contribution is -0.192. The van der Waals surface area contributed by atoms with Crippen LogP contribution in [0, 0.1) is 0 Å². The van der Waals surface area contributed by atoms with Crippen molar-refractivity contribution in [2.24, 2.45) is 0 Å². The summed E-state index contributed by atoms with van der Waals surface area (Å²) in [5, 5.41) is 11.4. The molecule has 3 aliphatic rings. The van der Waals surface area contributed by atoms with Crippen LogP contribution in [0.15, 0.2) is 0 Å². The zero-order valence-electron chi connectivity index (χ0n) is 16.8. The lowest BCUT2D eigenvalue weighted by Gasteiger charge is -2.40. The van der Waals surface area contributed by atoms with Gasteiger partial charge in [0.05, 0.1) is 24.4 Å². The number of alkyl halides is 3. The molecule has 3 aliphatic heterocycles. The summed E-state index contributed by atoms with van der Waals surface area (Å²) in [6, 6.07) is 0.559. The van der Waals surface area contributed by atoms with E-state index in [9.17, 15) is 18.0 Å². The number of carboxylic acids is 1. The average molecular weight is 450 g/mol. The Labute approximate surface area is 176 Å². The number of amides is 1. The molecule has 2 saturated heterocycles. The quantitative estimate of drug-likeness (QED) is 0.712. The van der Waals surface area contributed by atoms with Gasteiger partial charge in [-0.2, -0.15) is 13.2 Å². The van der Waals surface area contributed by atoms with E-state index < -0.39 is 12.1 Å². The van der Waals surface area contributed by atoms with Gasteiger partial charge in [-0.15, -0.1) is 0 Å². The molecule has 8 nitrogen and oxygen atoms in total. The Kier molecular flexibility index (Phi) is 6.58. The second-order valence-electron chi connectivity index (χ2n) is 7.74. The molecule has 0 unspecified atom stereocenters. The fraction of sp³-hybridized carbons (Fsp3) is 0.722. The molecule has 0 atom stereocenters. The highest BCUT2D eigenvalue weighted by molar-refractivity contribution is 7.17. The highest BCUT2D eigenvalue weighted by atomic mass is 32.1. The summed E-state index contributed by atoms with van der Waals surface area (Å²) in [4.78, 5) is 31.8. The topological polar surface area (TPSA) is 95.0 Å². The van der Waals surface area contributed by atoms with E-state index in [0.717, 1.165) is 67.9 Å². The normalized spacial score (nSPS) is 21.3. The maximum absolute atomic E-state index is 12.5. The van der Waals surface area contributed by atoms with Crippen LogP contribution < -0.4 is 10.2 Å².